The Hall–Kier alpha value is -0.120. The molecule has 0 saturated carbocycles. The maximum absolute atomic E-state index is 5.48. The van der Waals surface area contributed by atoms with Crippen molar-refractivity contribution < 1.29 is 4.74 Å². The molecule has 0 aromatic carbocycles. The van der Waals surface area contributed by atoms with Crippen molar-refractivity contribution in [3.63, 3.8) is 0 Å². The molecule has 0 radical (unpaired) electrons. The molecule has 13 heavy (non-hydrogen) atoms. The van der Waals surface area contributed by atoms with E-state index in [9.17, 15) is 0 Å². The molecule has 0 aromatic rings. The van der Waals surface area contributed by atoms with E-state index in [1.54, 1.807) is 0 Å². The molecule has 3 nitrogen and oxygen atoms in total. The van der Waals surface area contributed by atoms with Gasteiger partial charge in [0.05, 0.1) is 12.1 Å². The van der Waals surface area contributed by atoms with Crippen molar-refractivity contribution in [3.8, 4) is 0 Å². The molecule has 2 fully saturated rings. The van der Waals surface area contributed by atoms with Gasteiger partial charge in [-0.3, -0.25) is 4.90 Å². The minimum atomic E-state index is 0.280. The molecule has 2 rings (SSSR count). The summed E-state index contributed by atoms with van der Waals surface area (Å²) in [6, 6.07) is 0.666. The Bertz CT molecular complexity index is 176. The van der Waals surface area contributed by atoms with Gasteiger partial charge in [-0.25, -0.2) is 0 Å². The molecule has 1 unspecified atom stereocenters. The third-order valence-corrected chi connectivity index (χ3v) is 3.24. The van der Waals surface area contributed by atoms with Gasteiger partial charge in [-0.1, -0.05) is 0 Å². The van der Waals surface area contributed by atoms with Gasteiger partial charge < -0.3 is 10.1 Å². The summed E-state index contributed by atoms with van der Waals surface area (Å²) in [6.07, 6.45) is 1.18. The van der Waals surface area contributed by atoms with Crippen LogP contribution in [0.5, 0.6) is 0 Å². The first-order valence-electron chi connectivity index (χ1n) is 5.29. The molecule has 1 atom stereocenters. The van der Waals surface area contributed by atoms with E-state index in [2.05, 4.69) is 24.1 Å². The van der Waals surface area contributed by atoms with Gasteiger partial charge >= 0.3 is 0 Å². The Morgan fingerprint density at radius 3 is 2.92 bits per heavy atom. The second-order valence-corrected chi connectivity index (χ2v) is 4.57. The highest BCUT2D eigenvalue weighted by Gasteiger charge is 2.38. The average Bonchev–Trinajstić information content (AvgIpc) is 2.53. The number of nitrogens with one attached hydrogen (secondary N) is 1. The quantitative estimate of drug-likeness (QED) is 0.641. The van der Waals surface area contributed by atoms with Gasteiger partial charge in [0.2, 0.25) is 0 Å². The maximum Gasteiger partial charge on any atom is 0.0661 e. The van der Waals surface area contributed by atoms with Crippen LogP contribution in [0.4, 0.5) is 0 Å². The van der Waals surface area contributed by atoms with Crippen molar-refractivity contribution in [2.75, 3.05) is 32.8 Å². The Kier molecular flexibility index (Phi) is 2.58. The molecule has 0 amide bonds. The summed E-state index contributed by atoms with van der Waals surface area (Å²) in [5.74, 6) is 0. The van der Waals surface area contributed by atoms with Crippen LogP contribution in [0, 0.1) is 0 Å². The lowest BCUT2D eigenvalue weighted by molar-refractivity contribution is 0.0868. The lowest BCUT2D eigenvalue weighted by Crippen LogP contribution is -2.62. The Labute approximate surface area is 80.4 Å². The fourth-order valence-electron chi connectivity index (χ4n) is 2.30. The molecule has 2 heterocycles. The van der Waals surface area contributed by atoms with Gasteiger partial charge in [-0.15, -0.1) is 0 Å². The number of hydrogen-bond donors (Lipinski definition) is 1. The first-order chi connectivity index (χ1) is 6.22. The minimum Gasteiger partial charge on any atom is -0.379 e. The summed E-state index contributed by atoms with van der Waals surface area (Å²) in [7, 11) is 0. The molecular formula is C10H20N2O. The SMILES string of the molecule is CC(C)N1CCNC2(CCOC2)C1. The largest absolute Gasteiger partial charge is 0.379 e. The molecule has 2 saturated heterocycles. The fraction of sp³-hybridized carbons (Fsp3) is 1.00. The molecule has 1 N–H and O–H groups in total. The van der Waals surface area contributed by atoms with Crippen molar-refractivity contribution in [2.24, 2.45) is 0 Å². The molecule has 0 aromatic heterocycles. The highest BCUT2D eigenvalue weighted by molar-refractivity contribution is 4.98. The molecule has 1 spiro atoms. The second kappa shape index (κ2) is 3.56. The van der Waals surface area contributed by atoms with Crippen LogP contribution in [-0.4, -0.2) is 49.3 Å². The monoisotopic (exact) mass is 184 g/mol. The summed E-state index contributed by atoms with van der Waals surface area (Å²) in [4.78, 5) is 2.55. The zero-order chi connectivity index (χ0) is 9.31. The van der Waals surface area contributed by atoms with Crippen LogP contribution in [0.3, 0.4) is 0 Å². The zero-order valence-electron chi connectivity index (χ0n) is 8.68. The van der Waals surface area contributed by atoms with E-state index < -0.39 is 0 Å². The van der Waals surface area contributed by atoms with Crippen LogP contribution in [0.25, 0.3) is 0 Å². The first kappa shape index (κ1) is 9.44. The van der Waals surface area contributed by atoms with Crippen LogP contribution < -0.4 is 5.32 Å². The summed E-state index contributed by atoms with van der Waals surface area (Å²) < 4.78 is 5.48. The lowest BCUT2D eigenvalue weighted by atomic mass is 9.95. The molecule has 0 bridgehead atoms. The Balaban J connectivity index is 1.98. The van der Waals surface area contributed by atoms with Crippen LogP contribution in [0.15, 0.2) is 0 Å². The van der Waals surface area contributed by atoms with E-state index in [0.29, 0.717) is 6.04 Å². The summed E-state index contributed by atoms with van der Waals surface area (Å²) in [5, 5.41) is 3.61. The zero-order valence-corrected chi connectivity index (χ0v) is 8.68. The number of piperazine rings is 1. The van der Waals surface area contributed by atoms with Gasteiger partial charge in [0.1, 0.15) is 0 Å². The highest BCUT2D eigenvalue weighted by atomic mass is 16.5. The highest BCUT2D eigenvalue weighted by Crippen LogP contribution is 2.23. The maximum atomic E-state index is 5.48. The van der Waals surface area contributed by atoms with E-state index in [4.69, 9.17) is 4.74 Å². The topological polar surface area (TPSA) is 24.5 Å². The number of ether oxygens (including phenoxy) is 1. The van der Waals surface area contributed by atoms with Gasteiger partial charge in [0, 0.05) is 32.3 Å². The molecule has 76 valence electrons. The second-order valence-electron chi connectivity index (χ2n) is 4.57. The van der Waals surface area contributed by atoms with Crippen molar-refractivity contribution in [1.82, 2.24) is 10.2 Å². The molecule has 2 aliphatic rings. The van der Waals surface area contributed by atoms with Gasteiger partial charge in [-0.05, 0) is 20.3 Å². The standard InChI is InChI=1S/C10H20N2O/c1-9(2)12-5-4-11-10(7-12)3-6-13-8-10/h9,11H,3-8H2,1-2H3. The third kappa shape index (κ3) is 1.87. The van der Waals surface area contributed by atoms with Gasteiger partial charge in [0.15, 0.2) is 0 Å². The van der Waals surface area contributed by atoms with E-state index in [1.165, 1.54) is 13.0 Å². The van der Waals surface area contributed by atoms with Gasteiger partial charge in [-0.2, -0.15) is 0 Å². The molecule has 3 heteroatoms. The van der Waals surface area contributed by atoms with Crippen LogP contribution in [0.1, 0.15) is 20.3 Å². The number of rotatable bonds is 1. The predicted octanol–water partition coefficient (Wildman–Crippen LogP) is 0.459. The van der Waals surface area contributed by atoms with E-state index in [-0.39, 0.29) is 5.54 Å². The normalized spacial score (nSPS) is 36.2. The van der Waals surface area contributed by atoms with E-state index >= 15 is 0 Å². The van der Waals surface area contributed by atoms with Gasteiger partial charge in [0.25, 0.3) is 0 Å². The minimum absolute atomic E-state index is 0.280. The lowest BCUT2D eigenvalue weighted by Gasteiger charge is -2.42. The van der Waals surface area contributed by atoms with Crippen LogP contribution >= 0.6 is 0 Å². The summed E-state index contributed by atoms with van der Waals surface area (Å²) in [5.41, 5.74) is 0.280. The molecule has 2 aliphatic heterocycles. The van der Waals surface area contributed by atoms with Crippen molar-refractivity contribution in [1.29, 1.82) is 0 Å². The van der Waals surface area contributed by atoms with Crippen molar-refractivity contribution in [3.05, 3.63) is 0 Å². The summed E-state index contributed by atoms with van der Waals surface area (Å²) in [6.45, 7) is 9.82. The third-order valence-electron chi connectivity index (χ3n) is 3.24. The van der Waals surface area contributed by atoms with Crippen molar-refractivity contribution >= 4 is 0 Å². The van der Waals surface area contributed by atoms with Crippen LogP contribution in [0.2, 0.25) is 0 Å². The van der Waals surface area contributed by atoms with Crippen LogP contribution in [-0.2, 0) is 4.74 Å². The fourth-order valence-corrected chi connectivity index (χ4v) is 2.30. The Morgan fingerprint density at radius 1 is 1.46 bits per heavy atom. The molecule has 0 aliphatic carbocycles. The molecular weight excluding hydrogens is 164 g/mol. The van der Waals surface area contributed by atoms with E-state index in [1.807, 2.05) is 0 Å². The number of nitrogens with zero attached hydrogens (tertiary/aromatic N) is 1. The predicted molar refractivity (Wildman–Crippen MR) is 52.9 cm³/mol. The average molecular weight is 184 g/mol. The Morgan fingerprint density at radius 2 is 2.31 bits per heavy atom. The van der Waals surface area contributed by atoms with Crippen molar-refractivity contribution in [2.45, 2.75) is 31.8 Å². The smallest absolute Gasteiger partial charge is 0.0661 e. The number of hydrogen-bond acceptors (Lipinski definition) is 3. The summed E-state index contributed by atoms with van der Waals surface area (Å²) >= 11 is 0. The van der Waals surface area contributed by atoms with E-state index in [0.717, 1.165) is 26.3 Å². The first-order valence-corrected chi connectivity index (χ1v) is 5.29.